The molecule has 1 aromatic carbocycles. The molecule has 55 heavy (non-hydrogen) atoms. The van der Waals surface area contributed by atoms with Crippen molar-refractivity contribution < 1.29 is 49.0 Å². The summed E-state index contributed by atoms with van der Waals surface area (Å²) in [5.74, 6) is -3.23. The summed E-state index contributed by atoms with van der Waals surface area (Å²) in [5, 5.41) is 55.6. The molecule has 4 saturated carbocycles. The van der Waals surface area contributed by atoms with Gasteiger partial charge in [0.25, 0.3) is 0 Å². The van der Waals surface area contributed by atoms with E-state index in [4.69, 9.17) is 4.74 Å². The molecule has 5 aliphatic rings. The van der Waals surface area contributed by atoms with Crippen LogP contribution in [-0.2, 0) is 25.5 Å². The number of rotatable bonds is 15. The molecule has 4 fully saturated rings. The largest absolute Gasteiger partial charge is 0.458 e. The van der Waals surface area contributed by atoms with E-state index in [9.17, 15) is 39.9 Å². The quantitative estimate of drug-likeness (QED) is 0.0858. The van der Waals surface area contributed by atoms with Gasteiger partial charge in [-0.3, -0.25) is 14.4 Å². The number of allylic oxidation sites excluding steroid dienone is 6. The first-order valence-electron chi connectivity index (χ1n) is 20.5. The molecule has 6 rings (SSSR count). The molecule has 0 amide bonds. The number of benzene rings is 1. The van der Waals surface area contributed by atoms with Crippen molar-refractivity contribution in [2.45, 2.75) is 140 Å². The second-order valence-electron chi connectivity index (χ2n) is 17.8. The highest BCUT2D eigenvalue weighted by molar-refractivity contribution is 6.01. The zero-order chi connectivity index (χ0) is 39.8. The van der Waals surface area contributed by atoms with Gasteiger partial charge in [0.05, 0.1) is 24.4 Å². The first kappa shape index (κ1) is 41.6. The lowest BCUT2D eigenvalue weighted by molar-refractivity contribution is -0.220. The Morgan fingerprint density at radius 3 is 2.49 bits per heavy atom. The van der Waals surface area contributed by atoms with Crippen molar-refractivity contribution in [1.29, 1.82) is 0 Å². The highest BCUT2D eigenvalue weighted by Gasteiger charge is 2.75. The fraction of sp³-hybridized carbons (Fsp3) is 0.667. The molecule has 0 aromatic heterocycles. The number of halogens is 1. The van der Waals surface area contributed by atoms with Gasteiger partial charge in [-0.25, -0.2) is 4.39 Å². The number of alkyl halides is 1. The zero-order valence-electron chi connectivity index (χ0n) is 32.6. The summed E-state index contributed by atoms with van der Waals surface area (Å²) in [4.78, 5) is 38.6. The van der Waals surface area contributed by atoms with E-state index in [1.807, 2.05) is 42.5 Å². The molecule has 0 saturated heterocycles. The lowest BCUT2D eigenvalue weighted by atomic mass is 9.44. The third-order valence-electron chi connectivity index (χ3n) is 14.8. The minimum atomic E-state index is -2.07. The van der Waals surface area contributed by atoms with E-state index < -0.39 is 82.6 Å². The van der Waals surface area contributed by atoms with Gasteiger partial charge in [-0.15, -0.1) is 0 Å². The first-order chi connectivity index (χ1) is 26.1. The van der Waals surface area contributed by atoms with Crippen molar-refractivity contribution in [1.82, 2.24) is 0 Å². The van der Waals surface area contributed by atoms with Crippen molar-refractivity contribution in [3.63, 3.8) is 0 Å². The Kier molecular flexibility index (Phi) is 12.4. The van der Waals surface area contributed by atoms with Crippen LogP contribution in [0, 0.1) is 40.4 Å². The maximum Gasteiger partial charge on any atom is 0.306 e. The molecule has 0 heterocycles. The van der Waals surface area contributed by atoms with Gasteiger partial charge in [0.2, 0.25) is 5.78 Å². The topological polar surface area (TPSA) is 162 Å². The van der Waals surface area contributed by atoms with Crippen LogP contribution < -0.4 is 0 Å². The normalized spacial score (nSPS) is 40.0. The van der Waals surface area contributed by atoms with E-state index in [0.717, 1.165) is 6.42 Å². The predicted molar refractivity (Wildman–Crippen MR) is 205 cm³/mol. The van der Waals surface area contributed by atoms with E-state index in [1.54, 1.807) is 26.8 Å². The maximum atomic E-state index is 17.4. The van der Waals surface area contributed by atoms with E-state index in [-0.39, 0.29) is 30.5 Å². The first-order valence-corrected chi connectivity index (χ1v) is 20.5. The molecular formula is C45H61FO9. The van der Waals surface area contributed by atoms with Crippen LogP contribution in [0.3, 0.4) is 0 Å². The molecule has 0 aliphatic heterocycles. The number of unbranched alkanes of at least 4 members (excludes halogenated alkanes) is 1. The molecular weight excluding hydrogens is 703 g/mol. The van der Waals surface area contributed by atoms with Gasteiger partial charge in [-0.05, 0) is 125 Å². The summed E-state index contributed by atoms with van der Waals surface area (Å²) in [6, 6.07) is 10.0. The van der Waals surface area contributed by atoms with E-state index in [0.29, 0.717) is 69.8 Å². The summed E-state index contributed by atoms with van der Waals surface area (Å²) in [6.07, 6.45) is 10.9. The fourth-order valence-electron chi connectivity index (χ4n) is 11.6. The number of ketones is 2. The van der Waals surface area contributed by atoms with Gasteiger partial charge in [0.15, 0.2) is 18.1 Å². The number of fused-ring (bicyclic) bond motifs is 5. The van der Waals surface area contributed by atoms with Crippen LogP contribution in [0.4, 0.5) is 4.39 Å². The van der Waals surface area contributed by atoms with Crippen molar-refractivity contribution in [3.05, 3.63) is 71.8 Å². The Hall–Kier alpha value is -3.02. The van der Waals surface area contributed by atoms with Gasteiger partial charge in [-0.2, -0.15) is 0 Å². The van der Waals surface area contributed by atoms with Crippen LogP contribution >= 0.6 is 0 Å². The Morgan fingerprint density at radius 2 is 1.75 bits per heavy atom. The molecule has 9 nitrogen and oxygen atoms in total. The molecule has 0 unspecified atom stereocenters. The average molecular weight is 765 g/mol. The lowest BCUT2D eigenvalue weighted by Gasteiger charge is -2.62. The van der Waals surface area contributed by atoms with Gasteiger partial charge >= 0.3 is 5.97 Å². The number of aliphatic hydroxyl groups is 5. The number of Topliss-reactive ketones (excluding diaryl/α,β-unsaturated/α-hetero) is 1. The Bertz CT molecular complexity index is 1660. The van der Waals surface area contributed by atoms with Gasteiger partial charge in [0.1, 0.15) is 5.60 Å². The number of aryl methyl sites for hydroxylation is 1. The summed E-state index contributed by atoms with van der Waals surface area (Å²) in [5.41, 5.74) is -4.46. The van der Waals surface area contributed by atoms with Crippen LogP contribution in [-0.4, -0.2) is 85.4 Å². The fourth-order valence-corrected chi connectivity index (χ4v) is 11.6. The molecule has 10 heteroatoms. The summed E-state index contributed by atoms with van der Waals surface area (Å²) in [6.45, 7) is 4.64. The van der Waals surface area contributed by atoms with Crippen LogP contribution in [0.25, 0.3) is 0 Å². The molecule has 1 aromatic rings. The molecule has 0 radical (unpaired) electrons. The molecule has 302 valence electrons. The maximum absolute atomic E-state index is 17.4. The number of hydrogen-bond donors (Lipinski definition) is 5. The summed E-state index contributed by atoms with van der Waals surface area (Å²) in [7, 11) is 0. The second kappa shape index (κ2) is 16.5. The van der Waals surface area contributed by atoms with E-state index in [2.05, 4.69) is 0 Å². The summed E-state index contributed by atoms with van der Waals surface area (Å²) < 4.78 is 22.8. The van der Waals surface area contributed by atoms with Crippen LogP contribution in [0.5, 0.6) is 0 Å². The predicted octanol–water partition coefficient (Wildman–Crippen LogP) is 5.70. The van der Waals surface area contributed by atoms with Crippen molar-refractivity contribution in [2.75, 3.05) is 6.61 Å². The van der Waals surface area contributed by atoms with Gasteiger partial charge < -0.3 is 30.3 Å². The minimum Gasteiger partial charge on any atom is -0.458 e. The minimum absolute atomic E-state index is 0.0649. The SMILES string of the molecule is C[C@@H]1C[C@H]2[C@@H]3CCC4=CC(=O)C=C[C@]4(C)[C@@]3(F)[C@@H](O)C[C@]2(C)[C@@]1(O)C(=O)COC(=O)CCC/C=C\C[C@@H]1[C@@H](CC[C@@H](O)CCc2ccccc2)[C@H](O)C[C@@H]1O. The smallest absolute Gasteiger partial charge is 0.306 e. The van der Waals surface area contributed by atoms with Crippen LogP contribution in [0.15, 0.2) is 66.3 Å². The molecule has 5 aliphatic carbocycles. The Balaban J connectivity index is 0.958. The zero-order valence-corrected chi connectivity index (χ0v) is 32.6. The van der Waals surface area contributed by atoms with Crippen LogP contribution in [0.2, 0.25) is 0 Å². The number of aliphatic hydroxyl groups excluding tert-OH is 4. The Morgan fingerprint density at radius 1 is 1.02 bits per heavy atom. The number of carbonyl (C=O) groups is 3. The molecule has 0 spiro atoms. The second-order valence-corrected chi connectivity index (χ2v) is 17.8. The number of esters is 1. The highest BCUT2D eigenvalue weighted by Crippen LogP contribution is 2.70. The van der Waals surface area contributed by atoms with Crippen molar-refractivity contribution in [2.24, 2.45) is 40.4 Å². The van der Waals surface area contributed by atoms with Crippen LogP contribution in [0.1, 0.15) is 103 Å². The molecule has 13 atom stereocenters. The number of ether oxygens (including phenoxy) is 1. The van der Waals surface area contributed by atoms with Crippen molar-refractivity contribution >= 4 is 17.5 Å². The molecule has 5 N–H and O–H groups in total. The average Bonchev–Trinajstić information content (AvgIpc) is 3.54. The third kappa shape index (κ3) is 7.59. The number of hydrogen-bond acceptors (Lipinski definition) is 9. The third-order valence-corrected chi connectivity index (χ3v) is 14.8. The highest BCUT2D eigenvalue weighted by atomic mass is 19.1. The monoisotopic (exact) mass is 764 g/mol. The van der Waals surface area contributed by atoms with E-state index >= 15 is 4.39 Å². The van der Waals surface area contributed by atoms with E-state index in [1.165, 1.54) is 17.7 Å². The summed E-state index contributed by atoms with van der Waals surface area (Å²) >= 11 is 0. The Labute approximate surface area is 324 Å². The van der Waals surface area contributed by atoms with Crippen molar-refractivity contribution in [3.8, 4) is 0 Å². The van der Waals surface area contributed by atoms with Gasteiger partial charge in [-0.1, -0.05) is 68.0 Å². The molecule has 0 bridgehead atoms. The van der Waals surface area contributed by atoms with Gasteiger partial charge in [0, 0.05) is 23.2 Å². The lowest BCUT2D eigenvalue weighted by Crippen LogP contribution is -2.69. The standard InChI is InChI=1S/C45H61FO9/c1-28-23-36-35-20-16-30-24-32(48)21-22-42(30,2)44(35,46)39(51)26-43(36,3)45(28,54)40(52)27-55-41(53)14-10-5-4-9-13-33-34(38(50)25-37(33)49)19-18-31(47)17-15-29-11-7-6-8-12-29/h4,6-9,11-12,21-22,24,28,31,33-39,47,49-51,54H,5,10,13-20,23,25-27H2,1-3H3/b9-4-/t28-,31+,33-,34-,35+,36+,37+,38-,39+,42+,43+,44+,45+/m1/s1. The number of carbonyl (C=O) groups excluding carboxylic acids is 3.